The average Bonchev–Trinajstić information content (AvgIpc) is 3.38. The lowest BCUT2D eigenvalue weighted by Gasteiger charge is -2.24. The van der Waals surface area contributed by atoms with Gasteiger partial charge in [0, 0.05) is 27.5 Å². The molecule has 0 fully saturated rings. The largest absolute Gasteiger partial charge is 0.423 e. The van der Waals surface area contributed by atoms with Crippen molar-refractivity contribution in [3.63, 3.8) is 0 Å². The molecule has 15 heteroatoms. The smallest absolute Gasteiger partial charge is 0.401 e. The maximum absolute atomic E-state index is 14.9. The van der Waals surface area contributed by atoms with Gasteiger partial charge in [0.15, 0.2) is 15.6 Å². The molecule has 4 aromatic rings. The van der Waals surface area contributed by atoms with Crippen molar-refractivity contribution in [3.05, 3.63) is 92.5 Å². The molecule has 41 heavy (non-hydrogen) atoms. The number of aromatic nitrogens is 1. The van der Waals surface area contributed by atoms with Crippen LogP contribution in [-0.4, -0.2) is 31.2 Å². The highest BCUT2D eigenvalue weighted by molar-refractivity contribution is 9.10. The zero-order valence-corrected chi connectivity index (χ0v) is 26.2. The number of halogens is 5. The van der Waals surface area contributed by atoms with Crippen molar-refractivity contribution in [1.29, 1.82) is 0 Å². The fraction of sp³-hybridized carbons (Fsp3) is 0.192. The Morgan fingerprint density at radius 3 is 2.37 bits per heavy atom. The minimum absolute atomic E-state index is 0.0532. The molecule has 0 aliphatic rings. The summed E-state index contributed by atoms with van der Waals surface area (Å²) in [5.41, 5.74) is -3.28. The number of rotatable bonds is 10. The minimum atomic E-state index is -5.29. The molecule has 0 spiro atoms. The van der Waals surface area contributed by atoms with Crippen molar-refractivity contribution in [1.82, 2.24) is 4.98 Å². The van der Waals surface area contributed by atoms with E-state index < -0.39 is 28.7 Å². The van der Waals surface area contributed by atoms with E-state index in [4.69, 9.17) is 27.6 Å². The lowest BCUT2D eigenvalue weighted by molar-refractivity contribution is 0.0459. The lowest BCUT2D eigenvalue weighted by Crippen LogP contribution is -2.19. The molecule has 0 bridgehead atoms. The van der Waals surface area contributed by atoms with Crippen LogP contribution >= 0.6 is 46.7 Å². The first-order chi connectivity index (χ1) is 19.1. The maximum atomic E-state index is 14.9. The molecule has 0 aliphatic heterocycles. The second kappa shape index (κ2) is 12.1. The van der Waals surface area contributed by atoms with Gasteiger partial charge in [-0.2, -0.15) is 8.78 Å². The average molecular weight is 710 g/mol. The van der Waals surface area contributed by atoms with Gasteiger partial charge < -0.3 is 13.8 Å². The van der Waals surface area contributed by atoms with Gasteiger partial charge in [-0.25, -0.2) is 13.4 Å². The van der Waals surface area contributed by atoms with Gasteiger partial charge in [0.2, 0.25) is 0 Å². The molecular formula is C26H22BrCl2F2N2O6PS. The molecule has 0 saturated heterocycles. The SMILES string of the molecule is CCOP(=O)(O)C(F)(F)c1ccc(CN(c2ccc(Cl)c(Cl)c2)c2ncc(-c3ccc(S(C)(=O)=O)cc3)o2)cc1Br. The number of hydrogen-bond donors (Lipinski definition) is 1. The topological polar surface area (TPSA) is 110 Å². The molecule has 4 rings (SSSR count). The molecular weight excluding hydrogens is 688 g/mol. The van der Waals surface area contributed by atoms with Gasteiger partial charge in [0.25, 0.3) is 0 Å². The van der Waals surface area contributed by atoms with Gasteiger partial charge >= 0.3 is 19.3 Å². The van der Waals surface area contributed by atoms with E-state index in [9.17, 15) is 26.7 Å². The molecule has 3 aromatic carbocycles. The number of nitrogens with zero attached hydrogens (tertiary/aromatic N) is 2. The fourth-order valence-electron chi connectivity index (χ4n) is 3.80. The van der Waals surface area contributed by atoms with E-state index in [2.05, 4.69) is 25.4 Å². The van der Waals surface area contributed by atoms with Crippen molar-refractivity contribution in [2.45, 2.75) is 24.0 Å². The van der Waals surface area contributed by atoms with E-state index in [0.29, 0.717) is 27.6 Å². The van der Waals surface area contributed by atoms with Crippen LogP contribution in [0.5, 0.6) is 0 Å². The minimum Gasteiger partial charge on any atom is -0.423 e. The summed E-state index contributed by atoms with van der Waals surface area (Å²) in [7, 11) is -8.67. The van der Waals surface area contributed by atoms with Gasteiger partial charge in [0.05, 0.1) is 34.3 Å². The van der Waals surface area contributed by atoms with Crippen LogP contribution in [0.25, 0.3) is 11.3 Å². The van der Waals surface area contributed by atoms with Crippen molar-refractivity contribution in [2.24, 2.45) is 0 Å². The normalized spacial score (nSPS) is 13.7. The molecule has 0 radical (unpaired) electrons. The van der Waals surface area contributed by atoms with Crippen LogP contribution in [0.4, 0.5) is 20.5 Å². The summed E-state index contributed by atoms with van der Waals surface area (Å²) in [6.07, 6.45) is 2.57. The highest BCUT2D eigenvalue weighted by Crippen LogP contribution is 2.64. The summed E-state index contributed by atoms with van der Waals surface area (Å²) in [5, 5.41) is 0.564. The third-order valence-electron chi connectivity index (χ3n) is 5.86. The maximum Gasteiger partial charge on any atom is 0.401 e. The molecule has 8 nitrogen and oxygen atoms in total. The quantitative estimate of drug-likeness (QED) is 0.164. The number of hydrogen-bond acceptors (Lipinski definition) is 7. The van der Waals surface area contributed by atoms with E-state index in [-0.39, 0.29) is 33.6 Å². The van der Waals surface area contributed by atoms with Crippen molar-refractivity contribution in [3.8, 4) is 11.3 Å². The molecule has 1 heterocycles. The first-order valence-electron chi connectivity index (χ1n) is 11.8. The predicted molar refractivity (Wildman–Crippen MR) is 157 cm³/mol. The van der Waals surface area contributed by atoms with Crippen LogP contribution < -0.4 is 4.90 Å². The second-order valence-corrected chi connectivity index (χ2v) is 14.3. The summed E-state index contributed by atoms with van der Waals surface area (Å²) in [6, 6.07) is 14.8. The molecule has 1 atom stereocenters. The zero-order chi connectivity index (χ0) is 30.2. The van der Waals surface area contributed by atoms with Crippen molar-refractivity contribution >= 4 is 68.3 Å². The lowest BCUT2D eigenvalue weighted by atomic mass is 10.1. The van der Waals surface area contributed by atoms with Gasteiger partial charge in [-0.05, 0) is 61.0 Å². The summed E-state index contributed by atoms with van der Waals surface area (Å²) in [6.45, 7) is 1.03. The molecule has 0 amide bonds. The van der Waals surface area contributed by atoms with E-state index >= 15 is 0 Å². The number of alkyl halides is 2. The van der Waals surface area contributed by atoms with Crippen molar-refractivity contribution in [2.75, 3.05) is 17.8 Å². The summed E-state index contributed by atoms with van der Waals surface area (Å²) < 4.78 is 75.8. The third kappa shape index (κ3) is 6.85. The summed E-state index contributed by atoms with van der Waals surface area (Å²) >= 11 is 15.4. The van der Waals surface area contributed by atoms with Gasteiger partial charge in [0.1, 0.15) is 0 Å². The fourth-order valence-corrected chi connectivity index (χ4v) is 6.57. The van der Waals surface area contributed by atoms with E-state index in [1.165, 1.54) is 37.4 Å². The van der Waals surface area contributed by atoms with E-state index in [1.54, 1.807) is 35.2 Å². The van der Waals surface area contributed by atoms with Crippen LogP contribution in [-0.2, 0) is 31.1 Å². The Labute approximate surface area is 253 Å². The number of benzene rings is 3. The molecule has 218 valence electrons. The standard InChI is InChI=1S/C26H22BrCl2F2N2O6PS/c1-3-38-40(34,35)26(30,31)20-10-4-16(12-21(20)27)15-33(18-7-11-22(28)23(29)13-18)25-32-14-24(39-25)17-5-8-19(9-6-17)41(2,36)37/h4-14H,3,15H2,1-2H3,(H,34,35). The molecule has 1 aromatic heterocycles. The van der Waals surface area contributed by atoms with E-state index in [1.807, 2.05) is 0 Å². The molecule has 1 N–H and O–H groups in total. The zero-order valence-electron chi connectivity index (χ0n) is 21.4. The number of sulfone groups is 1. The first-order valence-corrected chi connectivity index (χ1v) is 16.8. The summed E-state index contributed by atoms with van der Waals surface area (Å²) in [5.74, 6) is 0.343. The Morgan fingerprint density at radius 1 is 1.10 bits per heavy atom. The number of oxazole rings is 1. The second-order valence-electron chi connectivity index (χ2n) is 8.78. The molecule has 0 saturated carbocycles. The van der Waals surface area contributed by atoms with Crippen LogP contribution in [0.3, 0.4) is 0 Å². The molecule has 1 unspecified atom stereocenters. The monoisotopic (exact) mass is 708 g/mol. The predicted octanol–water partition coefficient (Wildman–Crippen LogP) is 8.42. The summed E-state index contributed by atoms with van der Waals surface area (Å²) in [4.78, 5) is 15.9. The van der Waals surface area contributed by atoms with Gasteiger partial charge in [-0.15, -0.1) is 0 Å². The van der Waals surface area contributed by atoms with E-state index in [0.717, 1.165) is 12.3 Å². The van der Waals surface area contributed by atoms with Crippen LogP contribution in [0, 0.1) is 0 Å². The Morgan fingerprint density at radius 2 is 1.78 bits per heavy atom. The number of anilines is 2. The highest BCUT2D eigenvalue weighted by atomic mass is 79.9. The van der Waals surface area contributed by atoms with Gasteiger partial charge in [-0.1, -0.05) is 51.3 Å². The van der Waals surface area contributed by atoms with Crippen molar-refractivity contribution < 1.29 is 35.6 Å². The van der Waals surface area contributed by atoms with Gasteiger partial charge in [-0.3, -0.25) is 9.46 Å². The Balaban J connectivity index is 1.71. The Bertz CT molecular complexity index is 1740. The van der Waals surface area contributed by atoms with Crippen LogP contribution in [0.1, 0.15) is 18.1 Å². The third-order valence-corrected chi connectivity index (χ3v) is 9.95. The first kappa shape index (κ1) is 31.6. The Hall–Kier alpha value is -2.31. The Kier molecular flexibility index (Phi) is 9.35. The molecule has 0 aliphatic carbocycles. The highest BCUT2D eigenvalue weighted by Gasteiger charge is 2.53. The van der Waals surface area contributed by atoms with Crippen LogP contribution in [0.15, 0.2) is 80.6 Å². The van der Waals surface area contributed by atoms with Crippen LogP contribution in [0.2, 0.25) is 10.0 Å².